The minimum atomic E-state index is -0.450. The summed E-state index contributed by atoms with van der Waals surface area (Å²) < 4.78 is 1.84. The predicted molar refractivity (Wildman–Crippen MR) is 83.9 cm³/mol. The molecule has 0 aromatic carbocycles. The number of carbonyl (C=O) groups is 1. The molecule has 3 heterocycles. The van der Waals surface area contributed by atoms with Crippen LogP contribution in [-0.4, -0.2) is 30.6 Å². The molecule has 0 aliphatic rings. The Morgan fingerprint density at radius 1 is 1.22 bits per heavy atom. The molecule has 7 nitrogen and oxygen atoms in total. The van der Waals surface area contributed by atoms with Gasteiger partial charge in [-0.3, -0.25) is 9.20 Å². The highest BCUT2D eigenvalue weighted by atomic mass is 16.3. The number of hydrogen-bond donors (Lipinski definition) is 2. The second-order valence-corrected chi connectivity index (χ2v) is 5.55. The Hall–Kier alpha value is -2.96. The van der Waals surface area contributed by atoms with E-state index in [-0.39, 0.29) is 23.4 Å². The van der Waals surface area contributed by atoms with Gasteiger partial charge in [0.2, 0.25) is 0 Å². The molecule has 0 saturated heterocycles. The van der Waals surface area contributed by atoms with E-state index in [2.05, 4.69) is 20.5 Å². The zero-order valence-corrected chi connectivity index (χ0v) is 12.8. The maximum absolute atomic E-state index is 12.4. The number of aromatic hydroxyl groups is 1. The molecule has 1 atom stereocenters. The van der Waals surface area contributed by atoms with Crippen molar-refractivity contribution in [3.05, 3.63) is 54.2 Å². The number of carbonyl (C=O) groups excluding carboxylic acids is 1. The lowest BCUT2D eigenvalue weighted by atomic mass is 10.0. The molecule has 0 bridgehead atoms. The molecule has 3 aromatic heterocycles. The van der Waals surface area contributed by atoms with Gasteiger partial charge in [0.1, 0.15) is 5.75 Å². The second kappa shape index (κ2) is 6.04. The van der Waals surface area contributed by atoms with Gasteiger partial charge in [0.25, 0.3) is 5.91 Å². The van der Waals surface area contributed by atoms with Crippen LogP contribution >= 0.6 is 0 Å². The van der Waals surface area contributed by atoms with Crippen LogP contribution in [0.2, 0.25) is 0 Å². The number of nitrogens with one attached hydrogen (secondary N) is 1. The summed E-state index contributed by atoms with van der Waals surface area (Å²) >= 11 is 0. The van der Waals surface area contributed by atoms with Gasteiger partial charge in [-0.05, 0) is 30.2 Å². The minimum Gasteiger partial charge on any atom is -0.505 e. The number of fused-ring (bicyclic) bond motifs is 1. The number of aromatic nitrogens is 4. The van der Waals surface area contributed by atoms with Crippen molar-refractivity contribution in [1.82, 2.24) is 24.9 Å². The highest BCUT2D eigenvalue weighted by Crippen LogP contribution is 2.22. The van der Waals surface area contributed by atoms with Crippen LogP contribution in [0, 0.1) is 5.92 Å². The largest absolute Gasteiger partial charge is 0.505 e. The van der Waals surface area contributed by atoms with E-state index in [0.717, 1.165) is 0 Å². The number of pyridine rings is 2. The summed E-state index contributed by atoms with van der Waals surface area (Å²) in [5.41, 5.74) is 0.704. The molecule has 0 fully saturated rings. The number of rotatable bonds is 4. The third-order valence-electron chi connectivity index (χ3n) is 3.57. The molecule has 0 spiro atoms. The van der Waals surface area contributed by atoms with Gasteiger partial charge >= 0.3 is 0 Å². The molecule has 0 saturated carbocycles. The molecule has 7 heteroatoms. The van der Waals surface area contributed by atoms with Crippen LogP contribution in [0.25, 0.3) is 5.65 Å². The van der Waals surface area contributed by atoms with Gasteiger partial charge in [0.05, 0.1) is 6.04 Å². The van der Waals surface area contributed by atoms with Crippen molar-refractivity contribution in [3.63, 3.8) is 0 Å². The lowest BCUT2D eigenvalue weighted by Crippen LogP contribution is -2.33. The van der Waals surface area contributed by atoms with Crippen LogP contribution in [-0.2, 0) is 0 Å². The molecular weight excluding hydrogens is 294 g/mol. The summed E-state index contributed by atoms with van der Waals surface area (Å²) in [4.78, 5) is 16.3. The fraction of sp³-hybridized carbons (Fsp3) is 0.250. The van der Waals surface area contributed by atoms with Crippen molar-refractivity contribution in [2.45, 2.75) is 19.9 Å². The molecule has 2 N–H and O–H groups in total. The molecular formula is C16H17N5O2. The highest BCUT2D eigenvalue weighted by Gasteiger charge is 2.25. The van der Waals surface area contributed by atoms with Gasteiger partial charge in [-0.25, -0.2) is 4.98 Å². The fourth-order valence-electron chi connectivity index (χ4n) is 2.38. The van der Waals surface area contributed by atoms with Crippen molar-refractivity contribution < 1.29 is 9.90 Å². The Labute approximate surface area is 133 Å². The Morgan fingerprint density at radius 2 is 2.04 bits per heavy atom. The smallest absolute Gasteiger partial charge is 0.274 e. The molecule has 1 amide bonds. The Bertz CT molecular complexity index is 843. The first-order valence-electron chi connectivity index (χ1n) is 7.32. The average Bonchev–Trinajstić information content (AvgIpc) is 2.96. The fourth-order valence-corrected chi connectivity index (χ4v) is 2.38. The summed E-state index contributed by atoms with van der Waals surface area (Å²) in [6.07, 6.45) is 3.32. The first-order chi connectivity index (χ1) is 11.1. The van der Waals surface area contributed by atoms with E-state index in [1.54, 1.807) is 6.07 Å². The maximum Gasteiger partial charge on any atom is 0.274 e. The number of nitrogens with zero attached hydrogens (tertiary/aromatic N) is 4. The van der Waals surface area contributed by atoms with Gasteiger partial charge in [-0.2, -0.15) is 0 Å². The molecule has 0 radical (unpaired) electrons. The van der Waals surface area contributed by atoms with Gasteiger partial charge in [0, 0.05) is 12.4 Å². The highest BCUT2D eigenvalue weighted by molar-refractivity contribution is 5.94. The minimum absolute atomic E-state index is 0.00743. The van der Waals surface area contributed by atoms with E-state index >= 15 is 0 Å². The normalized spacial score (nSPS) is 12.5. The predicted octanol–water partition coefficient (Wildman–Crippen LogP) is 1.96. The Morgan fingerprint density at radius 3 is 2.78 bits per heavy atom. The maximum atomic E-state index is 12.4. The first-order valence-corrected chi connectivity index (χ1v) is 7.32. The summed E-state index contributed by atoms with van der Waals surface area (Å²) in [5, 5.41) is 21.0. The number of hydrogen-bond acceptors (Lipinski definition) is 5. The van der Waals surface area contributed by atoms with E-state index in [4.69, 9.17) is 0 Å². The van der Waals surface area contributed by atoms with Crippen LogP contribution in [0.3, 0.4) is 0 Å². The summed E-state index contributed by atoms with van der Waals surface area (Å²) in [6.45, 7) is 3.96. The van der Waals surface area contributed by atoms with Gasteiger partial charge < -0.3 is 10.4 Å². The molecule has 3 aromatic rings. The van der Waals surface area contributed by atoms with Crippen molar-refractivity contribution in [2.24, 2.45) is 5.92 Å². The first kappa shape index (κ1) is 15.0. The average molecular weight is 311 g/mol. The lowest BCUT2D eigenvalue weighted by molar-refractivity contribution is 0.0914. The standard InChI is InChI=1S/C16H17N5O2/c1-10(2)13(15-20-19-12-7-3-4-9-21(12)15)18-16(23)14-11(22)6-5-8-17-14/h3-10,13,22H,1-2H3,(H,18,23). The Kier molecular flexibility index (Phi) is 3.92. The third kappa shape index (κ3) is 2.85. The molecule has 3 rings (SSSR count). The van der Waals surface area contributed by atoms with E-state index < -0.39 is 5.91 Å². The third-order valence-corrected chi connectivity index (χ3v) is 3.57. The van der Waals surface area contributed by atoms with Crippen LogP contribution in [0.1, 0.15) is 36.2 Å². The molecule has 0 aliphatic carbocycles. The van der Waals surface area contributed by atoms with E-state index in [9.17, 15) is 9.90 Å². The SMILES string of the molecule is CC(C)C(NC(=O)c1ncccc1O)c1nnc2ccccn12. The zero-order valence-electron chi connectivity index (χ0n) is 12.8. The molecule has 23 heavy (non-hydrogen) atoms. The van der Waals surface area contributed by atoms with E-state index in [0.29, 0.717) is 11.5 Å². The summed E-state index contributed by atoms with van der Waals surface area (Å²) in [5.74, 6) is 0.116. The monoisotopic (exact) mass is 311 g/mol. The topological polar surface area (TPSA) is 92.4 Å². The summed E-state index contributed by atoms with van der Waals surface area (Å²) in [6, 6.07) is 8.24. The van der Waals surface area contributed by atoms with Crippen LogP contribution in [0.5, 0.6) is 5.75 Å². The van der Waals surface area contributed by atoms with Crippen LogP contribution in [0.15, 0.2) is 42.7 Å². The molecule has 1 unspecified atom stereocenters. The van der Waals surface area contributed by atoms with Crippen LogP contribution in [0.4, 0.5) is 0 Å². The number of amides is 1. The van der Waals surface area contributed by atoms with Gasteiger partial charge in [0.15, 0.2) is 17.2 Å². The van der Waals surface area contributed by atoms with Gasteiger partial charge in [-0.1, -0.05) is 19.9 Å². The van der Waals surface area contributed by atoms with Crippen molar-refractivity contribution in [2.75, 3.05) is 0 Å². The van der Waals surface area contributed by atoms with E-state index in [1.165, 1.54) is 12.3 Å². The van der Waals surface area contributed by atoms with Crippen molar-refractivity contribution in [1.29, 1.82) is 0 Å². The Balaban J connectivity index is 1.94. The van der Waals surface area contributed by atoms with Crippen molar-refractivity contribution >= 4 is 11.6 Å². The van der Waals surface area contributed by atoms with Crippen LogP contribution < -0.4 is 5.32 Å². The van der Waals surface area contributed by atoms with Crippen molar-refractivity contribution in [3.8, 4) is 5.75 Å². The van der Waals surface area contributed by atoms with E-state index in [1.807, 2.05) is 42.6 Å². The second-order valence-electron chi connectivity index (χ2n) is 5.55. The quantitative estimate of drug-likeness (QED) is 0.768. The zero-order chi connectivity index (χ0) is 16.4. The molecule has 0 aliphatic heterocycles. The van der Waals surface area contributed by atoms with Gasteiger partial charge in [-0.15, -0.1) is 10.2 Å². The lowest BCUT2D eigenvalue weighted by Gasteiger charge is -2.20. The summed E-state index contributed by atoms with van der Waals surface area (Å²) in [7, 11) is 0. The molecule has 118 valence electrons.